The summed E-state index contributed by atoms with van der Waals surface area (Å²) in [7, 11) is -2.17. The van der Waals surface area contributed by atoms with Gasteiger partial charge in [0.15, 0.2) is 0 Å². The van der Waals surface area contributed by atoms with Crippen molar-refractivity contribution in [3.8, 4) is 5.75 Å². The second-order valence-corrected chi connectivity index (χ2v) is 9.78. The van der Waals surface area contributed by atoms with Crippen LogP contribution in [0.15, 0.2) is 89.8 Å². The standard InChI is InChI=1S/C26H26N2O4S/c1-32-23-12-10-22(11-13-23)28-33(30,31)24-14-7-20(8-15-24)9-16-25(29)27-19-26(17-18-26)21-5-3-2-4-6-21/h2-16,28H,17-19H2,1H3,(H,27,29)/b16-9+. The van der Waals surface area contributed by atoms with Gasteiger partial charge in [-0.3, -0.25) is 9.52 Å². The number of anilines is 1. The zero-order valence-corrected chi connectivity index (χ0v) is 19.1. The molecule has 0 radical (unpaired) electrons. The minimum Gasteiger partial charge on any atom is -0.497 e. The smallest absolute Gasteiger partial charge is 0.261 e. The van der Waals surface area contributed by atoms with Gasteiger partial charge >= 0.3 is 0 Å². The maximum absolute atomic E-state index is 12.6. The van der Waals surface area contributed by atoms with Crippen LogP contribution < -0.4 is 14.8 Å². The van der Waals surface area contributed by atoms with Gasteiger partial charge in [0.25, 0.3) is 10.0 Å². The number of hydrogen-bond donors (Lipinski definition) is 2. The Morgan fingerprint density at radius 1 is 0.970 bits per heavy atom. The quantitative estimate of drug-likeness (QED) is 0.463. The molecule has 0 aliphatic heterocycles. The molecule has 3 aromatic rings. The number of hydrogen-bond acceptors (Lipinski definition) is 4. The van der Waals surface area contributed by atoms with Crippen molar-refractivity contribution in [3.05, 3.63) is 96.1 Å². The van der Waals surface area contributed by atoms with Crippen molar-refractivity contribution in [2.75, 3.05) is 18.4 Å². The third-order valence-electron chi connectivity index (χ3n) is 5.80. The van der Waals surface area contributed by atoms with E-state index in [1.54, 1.807) is 49.6 Å². The maximum atomic E-state index is 12.6. The third kappa shape index (κ3) is 5.62. The molecule has 6 nitrogen and oxygen atoms in total. The fourth-order valence-corrected chi connectivity index (χ4v) is 4.69. The Morgan fingerprint density at radius 2 is 1.64 bits per heavy atom. The molecule has 1 saturated carbocycles. The number of ether oxygens (including phenoxy) is 1. The molecule has 1 aliphatic carbocycles. The molecular weight excluding hydrogens is 436 g/mol. The van der Waals surface area contributed by atoms with Crippen molar-refractivity contribution in [1.29, 1.82) is 0 Å². The molecule has 0 aromatic heterocycles. The van der Waals surface area contributed by atoms with Crippen LogP contribution in [-0.2, 0) is 20.2 Å². The monoisotopic (exact) mass is 462 g/mol. The molecule has 170 valence electrons. The van der Waals surface area contributed by atoms with Crippen molar-refractivity contribution in [2.24, 2.45) is 0 Å². The number of carbonyl (C=O) groups excluding carboxylic acids is 1. The Labute approximate surface area is 194 Å². The first-order chi connectivity index (χ1) is 15.9. The lowest BCUT2D eigenvalue weighted by molar-refractivity contribution is -0.116. The van der Waals surface area contributed by atoms with Gasteiger partial charge in [-0.05, 0) is 66.4 Å². The summed E-state index contributed by atoms with van der Waals surface area (Å²) in [5, 5.41) is 2.98. The van der Waals surface area contributed by atoms with Crippen LogP contribution in [0.1, 0.15) is 24.0 Å². The van der Waals surface area contributed by atoms with Crippen LogP contribution in [0.3, 0.4) is 0 Å². The Bertz CT molecular complexity index is 1230. The molecule has 7 heteroatoms. The summed E-state index contributed by atoms with van der Waals surface area (Å²) in [5.41, 5.74) is 2.49. The average Bonchev–Trinajstić information content (AvgIpc) is 3.64. The topological polar surface area (TPSA) is 84.5 Å². The number of methoxy groups -OCH3 is 1. The lowest BCUT2D eigenvalue weighted by Gasteiger charge is -2.15. The first-order valence-corrected chi connectivity index (χ1v) is 12.2. The largest absolute Gasteiger partial charge is 0.497 e. The van der Waals surface area contributed by atoms with Crippen LogP contribution in [0.5, 0.6) is 5.75 Å². The van der Waals surface area contributed by atoms with E-state index < -0.39 is 10.0 Å². The molecule has 1 fully saturated rings. The van der Waals surface area contributed by atoms with Gasteiger partial charge < -0.3 is 10.1 Å². The van der Waals surface area contributed by atoms with Crippen LogP contribution in [0, 0.1) is 0 Å². The van der Waals surface area contributed by atoms with E-state index in [0.29, 0.717) is 18.0 Å². The van der Waals surface area contributed by atoms with E-state index >= 15 is 0 Å². The lowest BCUT2D eigenvalue weighted by atomic mass is 9.96. The van der Waals surface area contributed by atoms with E-state index in [4.69, 9.17) is 4.74 Å². The minimum absolute atomic E-state index is 0.0532. The molecule has 0 bridgehead atoms. The minimum atomic E-state index is -3.72. The highest BCUT2D eigenvalue weighted by molar-refractivity contribution is 7.92. The molecule has 4 rings (SSSR count). The molecule has 0 unspecified atom stereocenters. The Hall–Kier alpha value is -3.58. The van der Waals surface area contributed by atoms with E-state index in [-0.39, 0.29) is 16.2 Å². The van der Waals surface area contributed by atoms with Crippen LogP contribution in [0.25, 0.3) is 6.08 Å². The second-order valence-electron chi connectivity index (χ2n) is 8.10. The summed E-state index contributed by atoms with van der Waals surface area (Å²) in [6.45, 7) is 0.606. The van der Waals surface area contributed by atoms with Gasteiger partial charge in [0.1, 0.15) is 5.75 Å². The average molecular weight is 463 g/mol. The van der Waals surface area contributed by atoms with E-state index in [0.717, 1.165) is 18.4 Å². The number of benzene rings is 3. The van der Waals surface area contributed by atoms with Crippen LogP contribution in [0.2, 0.25) is 0 Å². The van der Waals surface area contributed by atoms with Gasteiger partial charge in [0.05, 0.1) is 12.0 Å². The number of sulfonamides is 1. The number of nitrogens with one attached hydrogen (secondary N) is 2. The molecule has 0 atom stereocenters. The predicted octanol–water partition coefficient (Wildman–Crippen LogP) is 4.36. The molecule has 1 amide bonds. The van der Waals surface area contributed by atoms with Gasteiger partial charge in [-0.2, -0.15) is 0 Å². The fraction of sp³-hybridized carbons (Fsp3) is 0.192. The van der Waals surface area contributed by atoms with E-state index in [1.165, 1.54) is 23.8 Å². The third-order valence-corrected chi connectivity index (χ3v) is 7.20. The molecule has 0 heterocycles. The number of carbonyl (C=O) groups is 1. The first-order valence-electron chi connectivity index (χ1n) is 10.7. The zero-order chi connectivity index (χ0) is 23.3. The van der Waals surface area contributed by atoms with Gasteiger partial charge in [-0.1, -0.05) is 42.5 Å². The summed E-state index contributed by atoms with van der Waals surface area (Å²) < 4.78 is 32.8. The summed E-state index contributed by atoms with van der Waals surface area (Å²) in [4.78, 5) is 12.4. The maximum Gasteiger partial charge on any atom is 0.261 e. The normalized spacial score (nSPS) is 14.6. The number of amides is 1. The summed E-state index contributed by atoms with van der Waals surface area (Å²) in [6, 6.07) is 23.2. The first kappa shape index (κ1) is 22.6. The predicted molar refractivity (Wildman–Crippen MR) is 130 cm³/mol. The molecular formula is C26H26N2O4S. The van der Waals surface area contributed by atoms with Gasteiger partial charge in [-0.15, -0.1) is 0 Å². The Kier molecular flexibility index (Phi) is 6.51. The lowest BCUT2D eigenvalue weighted by Crippen LogP contribution is -2.30. The van der Waals surface area contributed by atoms with Crippen molar-refractivity contribution < 1.29 is 17.9 Å². The number of rotatable bonds is 9. The van der Waals surface area contributed by atoms with Gasteiger partial charge in [0.2, 0.25) is 5.91 Å². The van der Waals surface area contributed by atoms with E-state index in [9.17, 15) is 13.2 Å². The van der Waals surface area contributed by atoms with E-state index in [1.807, 2.05) is 18.2 Å². The Morgan fingerprint density at radius 3 is 2.24 bits per heavy atom. The molecule has 1 aliphatic rings. The van der Waals surface area contributed by atoms with Crippen LogP contribution >= 0.6 is 0 Å². The van der Waals surface area contributed by atoms with Crippen LogP contribution in [-0.4, -0.2) is 28.0 Å². The fourth-order valence-electron chi connectivity index (χ4n) is 3.63. The van der Waals surface area contributed by atoms with E-state index in [2.05, 4.69) is 22.2 Å². The summed E-state index contributed by atoms with van der Waals surface area (Å²) in [6.07, 6.45) is 5.29. The molecule has 0 spiro atoms. The molecule has 2 N–H and O–H groups in total. The highest BCUT2D eigenvalue weighted by Gasteiger charge is 2.44. The zero-order valence-electron chi connectivity index (χ0n) is 18.3. The van der Waals surface area contributed by atoms with Crippen LogP contribution in [0.4, 0.5) is 5.69 Å². The summed E-state index contributed by atoms with van der Waals surface area (Å²) >= 11 is 0. The van der Waals surface area contributed by atoms with Gasteiger partial charge in [0, 0.05) is 23.7 Å². The Balaban J connectivity index is 1.33. The van der Waals surface area contributed by atoms with Crippen molar-refractivity contribution >= 4 is 27.7 Å². The molecule has 3 aromatic carbocycles. The second kappa shape index (κ2) is 9.50. The highest BCUT2D eigenvalue weighted by Crippen LogP contribution is 2.47. The van der Waals surface area contributed by atoms with Crippen molar-refractivity contribution in [3.63, 3.8) is 0 Å². The van der Waals surface area contributed by atoms with Gasteiger partial charge in [-0.25, -0.2) is 8.42 Å². The van der Waals surface area contributed by atoms with Crippen molar-refractivity contribution in [2.45, 2.75) is 23.2 Å². The van der Waals surface area contributed by atoms with Crippen molar-refractivity contribution in [1.82, 2.24) is 5.32 Å². The SMILES string of the molecule is COc1ccc(NS(=O)(=O)c2ccc(/C=C/C(=O)NCC3(c4ccccc4)CC3)cc2)cc1. The molecule has 0 saturated heterocycles. The summed E-state index contributed by atoms with van der Waals surface area (Å²) in [5.74, 6) is 0.473. The highest BCUT2D eigenvalue weighted by atomic mass is 32.2. The molecule has 33 heavy (non-hydrogen) atoms.